The minimum atomic E-state index is -0.426. The van der Waals surface area contributed by atoms with Gasteiger partial charge in [-0.25, -0.2) is 4.68 Å². The fourth-order valence-electron chi connectivity index (χ4n) is 3.21. The van der Waals surface area contributed by atoms with Gasteiger partial charge in [0.1, 0.15) is 5.56 Å². The molecule has 0 aliphatic carbocycles. The molecule has 0 aliphatic rings. The van der Waals surface area contributed by atoms with Gasteiger partial charge in [0.2, 0.25) is 0 Å². The van der Waals surface area contributed by atoms with E-state index in [1.54, 1.807) is 7.05 Å². The summed E-state index contributed by atoms with van der Waals surface area (Å²) < 4.78 is 6.74. The zero-order valence-corrected chi connectivity index (χ0v) is 17.6. The van der Waals surface area contributed by atoms with Crippen LogP contribution in [-0.4, -0.2) is 34.9 Å². The first-order chi connectivity index (χ1) is 14.5. The lowest BCUT2D eigenvalue weighted by Gasteiger charge is -2.16. The maximum atomic E-state index is 13.1. The molecule has 1 N–H and O–H groups in total. The lowest BCUT2D eigenvalue weighted by Crippen LogP contribution is -2.35. The van der Waals surface area contributed by atoms with E-state index in [1.165, 1.54) is 4.68 Å². The molecule has 0 radical (unpaired) electrons. The predicted molar refractivity (Wildman–Crippen MR) is 118 cm³/mol. The van der Waals surface area contributed by atoms with Gasteiger partial charge >= 0.3 is 0 Å². The second kappa shape index (κ2) is 9.98. The Balaban J connectivity index is 2.04. The summed E-state index contributed by atoms with van der Waals surface area (Å²) in [6, 6.07) is 19.0. The highest BCUT2D eigenvalue weighted by Crippen LogP contribution is 2.31. The van der Waals surface area contributed by atoms with Gasteiger partial charge in [0.25, 0.3) is 11.5 Å². The van der Waals surface area contributed by atoms with Crippen LogP contribution in [0.5, 0.6) is 0 Å². The molecule has 3 rings (SSSR count). The van der Waals surface area contributed by atoms with Crippen molar-refractivity contribution < 1.29 is 9.53 Å². The van der Waals surface area contributed by atoms with Crippen LogP contribution in [0.25, 0.3) is 22.4 Å². The highest BCUT2D eigenvalue weighted by Gasteiger charge is 2.24. The van der Waals surface area contributed by atoms with Gasteiger partial charge in [0.05, 0.1) is 11.8 Å². The molecule has 1 amide bonds. The van der Waals surface area contributed by atoms with Gasteiger partial charge in [-0.2, -0.15) is 5.10 Å². The van der Waals surface area contributed by atoms with E-state index in [4.69, 9.17) is 4.74 Å². The van der Waals surface area contributed by atoms with E-state index in [-0.39, 0.29) is 11.7 Å². The molecular formula is C24H27N3O3. The number of nitrogens with one attached hydrogen (secondary N) is 1. The predicted octanol–water partition coefficient (Wildman–Crippen LogP) is 3.66. The molecule has 0 spiro atoms. The summed E-state index contributed by atoms with van der Waals surface area (Å²) >= 11 is 0. The van der Waals surface area contributed by atoms with Crippen molar-refractivity contribution in [2.75, 3.05) is 13.2 Å². The monoisotopic (exact) mass is 405 g/mol. The zero-order chi connectivity index (χ0) is 21.5. The quantitative estimate of drug-likeness (QED) is 0.581. The van der Waals surface area contributed by atoms with Crippen LogP contribution >= 0.6 is 0 Å². The van der Waals surface area contributed by atoms with E-state index in [9.17, 15) is 9.59 Å². The van der Waals surface area contributed by atoms with Crippen molar-refractivity contribution >= 4 is 5.91 Å². The molecule has 0 bridgehead atoms. The molecule has 0 saturated heterocycles. The van der Waals surface area contributed by atoms with E-state index in [0.29, 0.717) is 30.8 Å². The van der Waals surface area contributed by atoms with Crippen molar-refractivity contribution in [3.8, 4) is 22.4 Å². The van der Waals surface area contributed by atoms with Gasteiger partial charge in [0.15, 0.2) is 0 Å². The maximum absolute atomic E-state index is 13.1. The molecule has 0 fully saturated rings. The molecule has 30 heavy (non-hydrogen) atoms. The van der Waals surface area contributed by atoms with Crippen molar-refractivity contribution in [1.82, 2.24) is 15.1 Å². The Morgan fingerprint density at radius 2 is 1.63 bits per heavy atom. The van der Waals surface area contributed by atoms with Gasteiger partial charge in [-0.15, -0.1) is 0 Å². The molecule has 6 nitrogen and oxygen atoms in total. The van der Waals surface area contributed by atoms with E-state index >= 15 is 0 Å². The molecule has 0 saturated carbocycles. The van der Waals surface area contributed by atoms with Crippen molar-refractivity contribution in [2.24, 2.45) is 7.05 Å². The van der Waals surface area contributed by atoms with Crippen molar-refractivity contribution in [2.45, 2.75) is 26.4 Å². The normalized spacial score (nSPS) is 10.9. The van der Waals surface area contributed by atoms with Crippen LogP contribution in [-0.2, 0) is 11.8 Å². The number of hydrogen-bond acceptors (Lipinski definition) is 4. The molecule has 0 aliphatic heterocycles. The number of rotatable bonds is 8. The number of benzene rings is 2. The molecule has 0 atom stereocenters. The fourth-order valence-corrected chi connectivity index (χ4v) is 3.21. The highest BCUT2D eigenvalue weighted by molar-refractivity contribution is 6.03. The topological polar surface area (TPSA) is 73.2 Å². The number of nitrogens with zero attached hydrogens (tertiary/aromatic N) is 2. The number of amides is 1. The Morgan fingerprint density at radius 1 is 1.03 bits per heavy atom. The third-order valence-electron chi connectivity index (χ3n) is 4.64. The van der Waals surface area contributed by atoms with Crippen LogP contribution in [0.4, 0.5) is 0 Å². The van der Waals surface area contributed by atoms with E-state index in [1.807, 2.05) is 74.5 Å². The fraction of sp³-hybridized carbons (Fsp3) is 0.292. The lowest BCUT2D eigenvalue weighted by atomic mass is 9.95. The molecule has 3 aromatic rings. The number of aryl methyl sites for hydroxylation is 1. The first-order valence-electron chi connectivity index (χ1n) is 10.1. The highest BCUT2D eigenvalue weighted by atomic mass is 16.5. The second-order valence-corrected chi connectivity index (χ2v) is 7.29. The summed E-state index contributed by atoms with van der Waals surface area (Å²) in [5.41, 5.74) is 2.42. The molecule has 156 valence electrons. The Labute approximate surface area is 176 Å². The van der Waals surface area contributed by atoms with Crippen LogP contribution < -0.4 is 10.9 Å². The van der Waals surface area contributed by atoms with Gasteiger partial charge < -0.3 is 10.1 Å². The maximum Gasteiger partial charge on any atom is 0.280 e. The second-order valence-electron chi connectivity index (χ2n) is 7.29. The Bertz CT molecular complexity index is 1040. The van der Waals surface area contributed by atoms with E-state index < -0.39 is 11.5 Å². The summed E-state index contributed by atoms with van der Waals surface area (Å²) in [5, 5.41) is 7.37. The largest absolute Gasteiger partial charge is 0.379 e. The Kier molecular flexibility index (Phi) is 7.14. The summed E-state index contributed by atoms with van der Waals surface area (Å²) in [6.07, 6.45) is 0.813. The summed E-state index contributed by atoms with van der Waals surface area (Å²) in [6.45, 7) is 4.91. The van der Waals surface area contributed by atoms with Crippen LogP contribution in [0.1, 0.15) is 30.6 Å². The van der Waals surface area contributed by atoms with Crippen molar-refractivity contribution in [1.29, 1.82) is 0 Å². The van der Waals surface area contributed by atoms with Crippen molar-refractivity contribution in [3.05, 3.63) is 76.6 Å². The molecular weight excluding hydrogens is 378 g/mol. The average Bonchev–Trinajstić information content (AvgIpc) is 2.75. The SMILES string of the molecule is CC(C)OCCCNC(=O)c1c(-c2ccccc2)c(-c2ccccc2)nn(C)c1=O. The number of hydrogen-bond donors (Lipinski definition) is 1. The molecule has 2 aromatic carbocycles. The molecule has 1 aromatic heterocycles. The smallest absolute Gasteiger partial charge is 0.280 e. The van der Waals surface area contributed by atoms with Gasteiger partial charge in [-0.1, -0.05) is 60.7 Å². The van der Waals surface area contributed by atoms with Gasteiger partial charge in [0, 0.05) is 31.3 Å². The van der Waals surface area contributed by atoms with Crippen LogP contribution in [0.2, 0.25) is 0 Å². The third kappa shape index (κ3) is 5.02. The Morgan fingerprint density at radius 3 is 2.23 bits per heavy atom. The molecule has 6 heteroatoms. The van der Waals surface area contributed by atoms with Gasteiger partial charge in [-0.3, -0.25) is 9.59 Å². The first kappa shape index (κ1) is 21.5. The zero-order valence-electron chi connectivity index (χ0n) is 17.6. The number of aromatic nitrogens is 2. The minimum absolute atomic E-state index is 0.0994. The number of carbonyl (C=O) groups excluding carboxylic acids is 1. The van der Waals surface area contributed by atoms with Crippen LogP contribution in [0, 0.1) is 0 Å². The standard InChI is InChI=1S/C24H27N3O3/c1-17(2)30-16-10-15-25-23(28)21-20(18-11-6-4-7-12-18)22(26-27(3)24(21)29)19-13-8-5-9-14-19/h4-9,11-14,17H,10,15-16H2,1-3H3,(H,25,28). The summed E-state index contributed by atoms with van der Waals surface area (Å²) in [5.74, 6) is -0.404. The number of ether oxygens (including phenoxy) is 1. The first-order valence-corrected chi connectivity index (χ1v) is 10.1. The van der Waals surface area contributed by atoms with Crippen molar-refractivity contribution in [3.63, 3.8) is 0 Å². The van der Waals surface area contributed by atoms with Crippen LogP contribution in [0.3, 0.4) is 0 Å². The minimum Gasteiger partial charge on any atom is -0.379 e. The third-order valence-corrected chi connectivity index (χ3v) is 4.64. The van der Waals surface area contributed by atoms with E-state index in [2.05, 4.69) is 10.4 Å². The summed E-state index contributed by atoms with van der Waals surface area (Å²) in [4.78, 5) is 26.1. The number of carbonyl (C=O) groups is 1. The molecule has 0 unspecified atom stereocenters. The Hall–Kier alpha value is -3.25. The van der Waals surface area contributed by atoms with Crippen LogP contribution in [0.15, 0.2) is 65.5 Å². The van der Waals surface area contributed by atoms with E-state index in [0.717, 1.165) is 11.1 Å². The van der Waals surface area contributed by atoms with Gasteiger partial charge in [-0.05, 0) is 25.8 Å². The molecule has 1 heterocycles. The average molecular weight is 405 g/mol. The lowest BCUT2D eigenvalue weighted by molar-refractivity contribution is 0.0757. The summed E-state index contributed by atoms with van der Waals surface area (Å²) in [7, 11) is 1.57.